The highest BCUT2D eigenvalue weighted by molar-refractivity contribution is 7.16. The van der Waals surface area contributed by atoms with Crippen molar-refractivity contribution in [2.75, 3.05) is 6.61 Å². The zero-order valence-electron chi connectivity index (χ0n) is 8.56. The number of carbonyl (C=O) groups is 1. The molecule has 0 amide bonds. The minimum absolute atomic E-state index is 0.223. The van der Waals surface area contributed by atoms with Crippen molar-refractivity contribution in [3.05, 3.63) is 16.9 Å². The lowest BCUT2D eigenvalue weighted by molar-refractivity contribution is -0.142. The second-order valence-electron chi connectivity index (χ2n) is 3.09. The van der Waals surface area contributed by atoms with Crippen molar-refractivity contribution in [2.45, 2.75) is 20.3 Å². The van der Waals surface area contributed by atoms with Gasteiger partial charge >= 0.3 is 5.97 Å². The quantitative estimate of drug-likeness (QED) is 0.737. The van der Waals surface area contributed by atoms with E-state index in [1.807, 2.05) is 13.1 Å². The maximum atomic E-state index is 11.2. The van der Waals surface area contributed by atoms with Gasteiger partial charge in [0.05, 0.1) is 24.9 Å². The summed E-state index contributed by atoms with van der Waals surface area (Å²) in [7, 11) is 0. The summed E-state index contributed by atoms with van der Waals surface area (Å²) in [6, 6.07) is 0. The predicted octanol–water partition coefficient (Wildman–Crippen LogP) is 1.20. The van der Waals surface area contributed by atoms with Gasteiger partial charge in [-0.15, -0.1) is 0 Å². The lowest BCUT2D eigenvalue weighted by Gasteiger charge is -1.96. The van der Waals surface area contributed by atoms with Gasteiger partial charge < -0.3 is 4.74 Å². The number of fused-ring (bicyclic) bond motifs is 1. The van der Waals surface area contributed by atoms with E-state index in [2.05, 4.69) is 10.1 Å². The lowest BCUT2D eigenvalue weighted by atomic mass is 10.5. The summed E-state index contributed by atoms with van der Waals surface area (Å²) in [6.45, 7) is 4.10. The van der Waals surface area contributed by atoms with E-state index < -0.39 is 0 Å². The topological polar surface area (TPSA) is 56.5 Å². The normalized spacial score (nSPS) is 10.8. The number of carbonyl (C=O) groups excluding carboxylic acids is 1. The van der Waals surface area contributed by atoms with Gasteiger partial charge in [0.15, 0.2) is 0 Å². The maximum Gasteiger partial charge on any atom is 0.312 e. The molecular formula is C9H11N3O2S. The van der Waals surface area contributed by atoms with Crippen LogP contribution in [-0.2, 0) is 16.0 Å². The van der Waals surface area contributed by atoms with Gasteiger partial charge in [-0.25, -0.2) is 9.50 Å². The Morgan fingerprint density at radius 3 is 3.13 bits per heavy atom. The first kappa shape index (κ1) is 10.1. The van der Waals surface area contributed by atoms with Gasteiger partial charge in [-0.2, -0.15) is 5.10 Å². The molecule has 0 fully saturated rings. The number of hydrogen-bond acceptors (Lipinski definition) is 5. The van der Waals surface area contributed by atoms with Crippen LogP contribution in [0, 0.1) is 6.92 Å². The Bertz CT molecular complexity index is 457. The van der Waals surface area contributed by atoms with Crippen molar-refractivity contribution in [3.8, 4) is 0 Å². The van der Waals surface area contributed by atoms with Crippen molar-refractivity contribution in [3.63, 3.8) is 0 Å². The Morgan fingerprint density at radius 1 is 1.67 bits per heavy atom. The van der Waals surface area contributed by atoms with E-state index in [9.17, 15) is 4.79 Å². The third-order valence-electron chi connectivity index (χ3n) is 1.81. The van der Waals surface area contributed by atoms with Crippen molar-refractivity contribution in [2.24, 2.45) is 0 Å². The number of imidazole rings is 1. The molecule has 80 valence electrons. The monoisotopic (exact) mass is 225 g/mol. The average Bonchev–Trinajstić information content (AvgIpc) is 2.60. The molecule has 0 saturated carbocycles. The van der Waals surface area contributed by atoms with Crippen molar-refractivity contribution < 1.29 is 9.53 Å². The van der Waals surface area contributed by atoms with Gasteiger partial charge in [0.2, 0.25) is 4.96 Å². The van der Waals surface area contributed by atoms with E-state index in [1.165, 1.54) is 11.3 Å². The fraction of sp³-hybridized carbons (Fsp3) is 0.444. The van der Waals surface area contributed by atoms with Gasteiger partial charge in [0, 0.05) is 0 Å². The summed E-state index contributed by atoms with van der Waals surface area (Å²) in [6.07, 6.45) is 2.06. The largest absolute Gasteiger partial charge is 0.466 e. The van der Waals surface area contributed by atoms with Crippen LogP contribution < -0.4 is 0 Å². The van der Waals surface area contributed by atoms with Gasteiger partial charge in [0.25, 0.3) is 0 Å². The molecule has 0 atom stereocenters. The molecule has 2 aromatic heterocycles. The van der Waals surface area contributed by atoms with Gasteiger partial charge in [-0.1, -0.05) is 11.3 Å². The first-order valence-electron chi connectivity index (χ1n) is 4.66. The molecule has 0 radical (unpaired) electrons. The minimum atomic E-state index is -0.244. The van der Waals surface area contributed by atoms with Crippen molar-refractivity contribution >= 4 is 22.3 Å². The number of ether oxygens (including phenoxy) is 1. The number of aromatic nitrogens is 3. The zero-order chi connectivity index (χ0) is 10.8. The van der Waals surface area contributed by atoms with Gasteiger partial charge in [0.1, 0.15) is 5.01 Å². The Labute approximate surface area is 90.7 Å². The van der Waals surface area contributed by atoms with Gasteiger partial charge in [-0.3, -0.25) is 4.79 Å². The molecule has 2 aromatic rings. The molecule has 0 aliphatic carbocycles. The molecule has 0 aromatic carbocycles. The summed E-state index contributed by atoms with van der Waals surface area (Å²) in [4.78, 5) is 16.3. The molecule has 15 heavy (non-hydrogen) atoms. The smallest absolute Gasteiger partial charge is 0.312 e. The highest BCUT2D eigenvalue weighted by Gasteiger charge is 2.10. The molecule has 0 saturated heterocycles. The van der Waals surface area contributed by atoms with Crippen LogP contribution in [0.5, 0.6) is 0 Å². The van der Waals surface area contributed by atoms with E-state index in [0.717, 1.165) is 15.7 Å². The van der Waals surface area contributed by atoms with E-state index in [-0.39, 0.29) is 12.4 Å². The second-order valence-corrected chi connectivity index (χ2v) is 4.13. The molecule has 0 aliphatic heterocycles. The molecule has 2 heterocycles. The van der Waals surface area contributed by atoms with Crippen LogP contribution in [0.3, 0.4) is 0 Å². The summed E-state index contributed by atoms with van der Waals surface area (Å²) >= 11 is 1.41. The molecule has 0 unspecified atom stereocenters. The number of hydrogen-bond donors (Lipinski definition) is 0. The summed E-state index contributed by atoms with van der Waals surface area (Å²) < 4.78 is 6.53. The molecule has 0 bridgehead atoms. The van der Waals surface area contributed by atoms with Crippen LogP contribution in [0.1, 0.15) is 17.6 Å². The number of nitrogens with zero attached hydrogens (tertiary/aromatic N) is 3. The molecule has 6 heteroatoms. The Hall–Kier alpha value is -1.43. The van der Waals surface area contributed by atoms with Gasteiger partial charge in [-0.05, 0) is 13.8 Å². The van der Waals surface area contributed by atoms with E-state index >= 15 is 0 Å². The van der Waals surface area contributed by atoms with E-state index in [1.54, 1.807) is 11.4 Å². The standard InChI is InChI=1S/C9H11N3O2S/c1-3-14-8(13)4-7-11-12-5-6(2)10-9(12)15-7/h5H,3-4H2,1-2H3. The summed E-state index contributed by atoms with van der Waals surface area (Å²) in [5, 5.41) is 4.96. The first-order valence-corrected chi connectivity index (χ1v) is 5.48. The summed E-state index contributed by atoms with van der Waals surface area (Å²) in [5.74, 6) is -0.244. The first-order chi connectivity index (χ1) is 7.19. The second kappa shape index (κ2) is 3.98. The highest BCUT2D eigenvalue weighted by atomic mass is 32.1. The highest BCUT2D eigenvalue weighted by Crippen LogP contribution is 2.14. The molecule has 0 spiro atoms. The number of rotatable bonds is 3. The molecule has 5 nitrogen and oxygen atoms in total. The molecule has 0 aliphatic rings. The third kappa shape index (κ3) is 2.15. The van der Waals surface area contributed by atoms with Crippen LogP contribution in [0.15, 0.2) is 6.20 Å². The zero-order valence-corrected chi connectivity index (χ0v) is 9.37. The maximum absolute atomic E-state index is 11.2. The van der Waals surface area contributed by atoms with Crippen LogP contribution in [0.2, 0.25) is 0 Å². The van der Waals surface area contributed by atoms with Crippen LogP contribution in [0.25, 0.3) is 4.96 Å². The van der Waals surface area contributed by atoms with Crippen molar-refractivity contribution in [1.82, 2.24) is 14.6 Å². The lowest BCUT2D eigenvalue weighted by Crippen LogP contribution is -2.07. The Balaban J connectivity index is 2.15. The Kier molecular flexibility index (Phi) is 2.68. The molecular weight excluding hydrogens is 214 g/mol. The number of esters is 1. The molecule has 0 N–H and O–H groups in total. The predicted molar refractivity (Wildman–Crippen MR) is 55.9 cm³/mol. The van der Waals surface area contributed by atoms with Crippen LogP contribution in [-0.4, -0.2) is 27.2 Å². The summed E-state index contributed by atoms with van der Waals surface area (Å²) in [5.41, 5.74) is 0.927. The SMILES string of the molecule is CCOC(=O)Cc1nn2cc(C)nc2s1. The molecule has 2 rings (SSSR count). The third-order valence-corrected chi connectivity index (χ3v) is 2.73. The minimum Gasteiger partial charge on any atom is -0.466 e. The number of aryl methyl sites for hydroxylation is 1. The van der Waals surface area contributed by atoms with E-state index in [4.69, 9.17) is 4.74 Å². The van der Waals surface area contributed by atoms with Crippen molar-refractivity contribution in [1.29, 1.82) is 0 Å². The fourth-order valence-corrected chi connectivity index (χ4v) is 2.16. The average molecular weight is 225 g/mol. The van der Waals surface area contributed by atoms with Crippen LogP contribution in [0.4, 0.5) is 0 Å². The Morgan fingerprint density at radius 2 is 2.47 bits per heavy atom. The van der Waals surface area contributed by atoms with E-state index in [0.29, 0.717) is 6.61 Å². The van der Waals surface area contributed by atoms with Crippen LogP contribution >= 0.6 is 11.3 Å². The fourth-order valence-electron chi connectivity index (χ4n) is 1.26.